The maximum atomic E-state index is 11.7. The second-order valence-corrected chi connectivity index (χ2v) is 5.90. The molecule has 1 amide bonds. The van der Waals surface area contributed by atoms with Crippen LogP contribution in [0.5, 0.6) is 0 Å². The average molecular weight is 295 g/mol. The van der Waals surface area contributed by atoms with Crippen LogP contribution >= 0.6 is 11.3 Å². The molecule has 0 spiro atoms. The van der Waals surface area contributed by atoms with Crippen molar-refractivity contribution in [1.29, 1.82) is 0 Å². The summed E-state index contributed by atoms with van der Waals surface area (Å²) < 4.78 is 5.70. The van der Waals surface area contributed by atoms with Crippen LogP contribution in [0.3, 0.4) is 0 Å². The predicted molar refractivity (Wildman–Crippen MR) is 76.5 cm³/mol. The standard InChI is InChI=1S/C13H18N4O2S/c1-9(17(4)8-11(18)16(2)3)12-14-15-13(19-12)10-6-5-7-20-10/h5-7,9H,8H2,1-4H3/p+1/t9-/m0/s1. The van der Waals surface area contributed by atoms with E-state index in [-0.39, 0.29) is 11.9 Å². The molecular weight excluding hydrogens is 276 g/mol. The van der Waals surface area contributed by atoms with Gasteiger partial charge in [0.2, 0.25) is 0 Å². The van der Waals surface area contributed by atoms with Crippen molar-refractivity contribution in [2.45, 2.75) is 13.0 Å². The van der Waals surface area contributed by atoms with Gasteiger partial charge in [0.15, 0.2) is 12.6 Å². The molecular formula is C13H19N4O2S+. The first-order chi connectivity index (χ1) is 9.49. The highest BCUT2D eigenvalue weighted by molar-refractivity contribution is 7.13. The summed E-state index contributed by atoms with van der Waals surface area (Å²) in [4.78, 5) is 15.3. The van der Waals surface area contributed by atoms with E-state index in [0.717, 1.165) is 9.78 Å². The van der Waals surface area contributed by atoms with Gasteiger partial charge in [-0.15, -0.1) is 21.5 Å². The number of hydrogen-bond donors (Lipinski definition) is 1. The first kappa shape index (κ1) is 14.7. The van der Waals surface area contributed by atoms with Gasteiger partial charge in [-0.2, -0.15) is 0 Å². The van der Waals surface area contributed by atoms with Gasteiger partial charge in [-0.25, -0.2) is 0 Å². The molecule has 0 saturated heterocycles. The summed E-state index contributed by atoms with van der Waals surface area (Å²) in [6.45, 7) is 2.37. The third-order valence-corrected chi connectivity index (χ3v) is 4.07. The molecule has 7 heteroatoms. The molecule has 108 valence electrons. The Morgan fingerprint density at radius 1 is 1.50 bits per heavy atom. The van der Waals surface area contributed by atoms with Gasteiger partial charge in [0.25, 0.3) is 17.7 Å². The van der Waals surface area contributed by atoms with Gasteiger partial charge in [-0.1, -0.05) is 6.07 Å². The number of aromatic nitrogens is 2. The van der Waals surface area contributed by atoms with Crippen molar-refractivity contribution in [3.05, 3.63) is 23.4 Å². The minimum absolute atomic E-state index is 0.0277. The number of nitrogens with zero attached hydrogens (tertiary/aromatic N) is 3. The predicted octanol–water partition coefficient (Wildman–Crippen LogP) is 0.462. The SMILES string of the molecule is C[C@@H](c1nnc(-c2cccs2)o1)[NH+](C)CC(=O)N(C)C. The van der Waals surface area contributed by atoms with Crippen molar-refractivity contribution in [3.63, 3.8) is 0 Å². The summed E-state index contributed by atoms with van der Waals surface area (Å²) in [5.74, 6) is 1.17. The lowest BCUT2D eigenvalue weighted by molar-refractivity contribution is -0.904. The number of thiophene rings is 1. The van der Waals surface area contributed by atoms with E-state index in [2.05, 4.69) is 10.2 Å². The molecule has 0 aliphatic heterocycles. The van der Waals surface area contributed by atoms with Crippen molar-refractivity contribution in [2.24, 2.45) is 0 Å². The quantitative estimate of drug-likeness (QED) is 0.870. The van der Waals surface area contributed by atoms with Crippen LogP contribution < -0.4 is 4.90 Å². The number of rotatable bonds is 5. The Bertz CT molecular complexity index is 565. The zero-order valence-corrected chi connectivity index (χ0v) is 12.9. The largest absolute Gasteiger partial charge is 0.414 e. The van der Waals surface area contributed by atoms with Gasteiger partial charge in [0.1, 0.15) is 0 Å². The van der Waals surface area contributed by atoms with Gasteiger partial charge in [-0.3, -0.25) is 4.79 Å². The minimum atomic E-state index is -0.0277. The van der Waals surface area contributed by atoms with Gasteiger partial charge < -0.3 is 14.2 Å². The van der Waals surface area contributed by atoms with Crippen LogP contribution in [0.1, 0.15) is 18.9 Å². The zero-order chi connectivity index (χ0) is 14.7. The molecule has 0 radical (unpaired) electrons. The zero-order valence-electron chi connectivity index (χ0n) is 12.1. The van der Waals surface area contributed by atoms with Crippen LogP contribution in [0.25, 0.3) is 10.8 Å². The summed E-state index contributed by atoms with van der Waals surface area (Å²) in [6.07, 6.45) is 0. The second kappa shape index (κ2) is 6.15. The van der Waals surface area contributed by atoms with Gasteiger partial charge in [-0.05, 0) is 18.4 Å². The lowest BCUT2D eigenvalue weighted by Crippen LogP contribution is -3.10. The first-order valence-corrected chi connectivity index (χ1v) is 7.26. The molecule has 1 N–H and O–H groups in total. The monoisotopic (exact) mass is 295 g/mol. The van der Waals surface area contributed by atoms with Crippen molar-refractivity contribution in [2.75, 3.05) is 27.7 Å². The van der Waals surface area contributed by atoms with E-state index in [1.54, 1.807) is 30.3 Å². The van der Waals surface area contributed by atoms with Gasteiger partial charge in [0.05, 0.1) is 11.9 Å². The van der Waals surface area contributed by atoms with E-state index >= 15 is 0 Å². The highest BCUT2D eigenvalue weighted by Gasteiger charge is 2.25. The highest BCUT2D eigenvalue weighted by atomic mass is 32.1. The Kier molecular flexibility index (Phi) is 4.51. The van der Waals surface area contributed by atoms with Crippen LogP contribution in [0.4, 0.5) is 0 Å². The Hall–Kier alpha value is -1.73. The summed E-state index contributed by atoms with van der Waals surface area (Å²) in [7, 11) is 5.45. The fraction of sp³-hybridized carbons (Fsp3) is 0.462. The van der Waals surface area contributed by atoms with E-state index in [1.807, 2.05) is 31.5 Å². The van der Waals surface area contributed by atoms with E-state index < -0.39 is 0 Å². The molecule has 0 aromatic carbocycles. The maximum Gasteiger partial charge on any atom is 0.277 e. The summed E-state index contributed by atoms with van der Waals surface area (Å²) in [6, 6.07) is 3.86. The fourth-order valence-electron chi connectivity index (χ4n) is 1.67. The first-order valence-electron chi connectivity index (χ1n) is 6.38. The molecule has 0 aliphatic rings. The van der Waals surface area contributed by atoms with E-state index in [9.17, 15) is 4.79 Å². The topological polar surface area (TPSA) is 63.7 Å². The molecule has 0 fully saturated rings. The Balaban J connectivity index is 2.06. The molecule has 2 atom stereocenters. The third-order valence-electron chi connectivity index (χ3n) is 3.21. The summed E-state index contributed by atoms with van der Waals surface area (Å²) >= 11 is 1.56. The van der Waals surface area contributed by atoms with Crippen molar-refractivity contribution in [3.8, 4) is 10.8 Å². The van der Waals surface area contributed by atoms with Crippen LogP contribution in [0.2, 0.25) is 0 Å². The van der Waals surface area contributed by atoms with Crippen molar-refractivity contribution < 1.29 is 14.1 Å². The molecule has 2 heterocycles. The van der Waals surface area contributed by atoms with E-state index in [1.165, 1.54) is 0 Å². The van der Waals surface area contributed by atoms with E-state index in [4.69, 9.17) is 4.42 Å². The fourth-order valence-corrected chi connectivity index (χ4v) is 2.31. The Labute approximate surface area is 122 Å². The van der Waals surface area contributed by atoms with Gasteiger partial charge >= 0.3 is 0 Å². The minimum Gasteiger partial charge on any atom is -0.414 e. The Morgan fingerprint density at radius 2 is 2.25 bits per heavy atom. The van der Waals surface area contributed by atoms with Gasteiger partial charge in [0, 0.05) is 14.1 Å². The van der Waals surface area contributed by atoms with Crippen LogP contribution in [-0.2, 0) is 4.79 Å². The van der Waals surface area contributed by atoms with Crippen LogP contribution in [0, 0.1) is 0 Å². The van der Waals surface area contributed by atoms with Crippen molar-refractivity contribution in [1.82, 2.24) is 15.1 Å². The molecule has 1 unspecified atom stereocenters. The molecule has 0 bridgehead atoms. The van der Waals surface area contributed by atoms with Crippen LogP contribution in [-0.4, -0.2) is 48.7 Å². The molecule has 0 aliphatic carbocycles. The molecule has 2 rings (SSSR count). The molecule has 2 aromatic rings. The third kappa shape index (κ3) is 3.23. The number of nitrogens with one attached hydrogen (secondary N) is 1. The Morgan fingerprint density at radius 3 is 2.85 bits per heavy atom. The summed E-state index contributed by atoms with van der Waals surface area (Å²) in [5, 5.41) is 10.1. The lowest BCUT2D eigenvalue weighted by Gasteiger charge is -2.20. The number of quaternary nitrogens is 1. The molecule has 0 saturated carbocycles. The van der Waals surface area contributed by atoms with E-state index in [0.29, 0.717) is 18.3 Å². The average Bonchev–Trinajstić information content (AvgIpc) is 3.07. The lowest BCUT2D eigenvalue weighted by atomic mass is 10.3. The number of carbonyl (C=O) groups is 1. The molecule has 6 nitrogen and oxygen atoms in total. The molecule has 20 heavy (non-hydrogen) atoms. The number of carbonyl (C=O) groups excluding carboxylic acids is 1. The smallest absolute Gasteiger partial charge is 0.277 e. The van der Waals surface area contributed by atoms with Crippen LogP contribution in [0.15, 0.2) is 21.9 Å². The normalized spacial score (nSPS) is 14.0. The molecule has 2 aromatic heterocycles. The van der Waals surface area contributed by atoms with Crippen molar-refractivity contribution >= 4 is 17.2 Å². The second-order valence-electron chi connectivity index (χ2n) is 4.96. The summed E-state index contributed by atoms with van der Waals surface area (Å²) in [5.41, 5.74) is 0. The highest BCUT2D eigenvalue weighted by Crippen LogP contribution is 2.24. The number of amides is 1. The number of hydrogen-bond acceptors (Lipinski definition) is 5. The maximum absolute atomic E-state index is 11.7. The number of likely N-dealkylation sites (N-methyl/N-ethyl adjacent to an activating group) is 2.